The fourth-order valence-electron chi connectivity index (χ4n) is 2.01. The molecule has 0 heterocycles. The van der Waals surface area contributed by atoms with E-state index in [1.165, 1.54) is 18.2 Å². The number of rotatable bonds is 4. The molecule has 0 spiro atoms. The van der Waals surface area contributed by atoms with E-state index in [9.17, 15) is 18.0 Å². The van der Waals surface area contributed by atoms with E-state index in [1.54, 1.807) is 18.2 Å². The highest BCUT2D eigenvalue weighted by Crippen LogP contribution is 2.34. The average Bonchev–Trinajstić information content (AvgIpc) is 2.48. The summed E-state index contributed by atoms with van der Waals surface area (Å²) >= 11 is 11.7. The molecule has 0 saturated carbocycles. The van der Waals surface area contributed by atoms with E-state index in [0.717, 1.165) is 11.6 Å². The lowest BCUT2D eigenvalue weighted by Gasteiger charge is -2.13. The van der Waals surface area contributed by atoms with Crippen molar-refractivity contribution in [3.05, 3.63) is 63.6 Å². The molecule has 2 aromatic rings. The van der Waals surface area contributed by atoms with Gasteiger partial charge in [0.05, 0.1) is 21.3 Å². The third-order valence-corrected chi connectivity index (χ3v) is 3.87. The Hall–Kier alpha value is -1.72. The van der Waals surface area contributed by atoms with Crippen LogP contribution in [-0.2, 0) is 17.4 Å². The van der Waals surface area contributed by atoms with E-state index >= 15 is 0 Å². The standard InChI is InChI=1S/C16H12Cl2F3NO/c17-12-7-5-10(9-13(12)18)6-8-15(23)22-14-4-2-1-3-11(14)16(19,20)21/h1-5,7,9H,6,8H2,(H,22,23). The van der Waals surface area contributed by atoms with Gasteiger partial charge in [-0.2, -0.15) is 13.2 Å². The fraction of sp³-hybridized carbons (Fsp3) is 0.188. The predicted molar refractivity (Wildman–Crippen MR) is 84.9 cm³/mol. The first-order valence-electron chi connectivity index (χ1n) is 6.67. The van der Waals surface area contributed by atoms with E-state index in [4.69, 9.17) is 23.2 Å². The maximum atomic E-state index is 12.9. The van der Waals surface area contributed by atoms with Crippen LogP contribution in [0.3, 0.4) is 0 Å². The SMILES string of the molecule is O=C(CCc1ccc(Cl)c(Cl)c1)Nc1ccccc1C(F)(F)F. The largest absolute Gasteiger partial charge is 0.418 e. The highest BCUT2D eigenvalue weighted by molar-refractivity contribution is 6.42. The molecule has 2 nitrogen and oxygen atoms in total. The summed E-state index contributed by atoms with van der Waals surface area (Å²) in [5.41, 5.74) is -0.347. The van der Waals surface area contributed by atoms with Crippen LogP contribution in [0.5, 0.6) is 0 Å². The third-order valence-electron chi connectivity index (χ3n) is 3.13. The van der Waals surface area contributed by atoms with Crippen LogP contribution in [0.15, 0.2) is 42.5 Å². The molecule has 0 atom stereocenters. The fourth-order valence-corrected chi connectivity index (χ4v) is 2.33. The summed E-state index contributed by atoms with van der Waals surface area (Å²) in [6, 6.07) is 9.80. The quantitative estimate of drug-likeness (QED) is 0.756. The van der Waals surface area contributed by atoms with Gasteiger partial charge in [-0.3, -0.25) is 4.79 Å². The van der Waals surface area contributed by atoms with Crippen LogP contribution >= 0.6 is 23.2 Å². The number of nitrogens with one attached hydrogen (secondary N) is 1. The molecule has 7 heteroatoms. The van der Waals surface area contributed by atoms with Crippen molar-refractivity contribution in [3.63, 3.8) is 0 Å². The summed E-state index contributed by atoms with van der Waals surface area (Å²) in [4.78, 5) is 11.9. The van der Waals surface area contributed by atoms with E-state index < -0.39 is 17.6 Å². The number of amides is 1. The van der Waals surface area contributed by atoms with Crippen molar-refractivity contribution in [2.45, 2.75) is 19.0 Å². The molecule has 0 radical (unpaired) electrons. The van der Waals surface area contributed by atoms with Gasteiger partial charge in [-0.05, 0) is 36.2 Å². The molecule has 0 fully saturated rings. The Morgan fingerprint density at radius 1 is 1.04 bits per heavy atom. The molecule has 0 aliphatic rings. The lowest BCUT2D eigenvalue weighted by molar-refractivity contribution is -0.137. The number of carbonyl (C=O) groups is 1. The molecule has 1 amide bonds. The van der Waals surface area contributed by atoms with Gasteiger partial charge in [0, 0.05) is 6.42 Å². The first-order chi connectivity index (χ1) is 10.8. The molecule has 0 unspecified atom stereocenters. The molecule has 1 N–H and O–H groups in total. The highest BCUT2D eigenvalue weighted by atomic mass is 35.5. The number of anilines is 1. The Kier molecular flexibility index (Phi) is 5.55. The van der Waals surface area contributed by atoms with Crippen molar-refractivity contribution in [2.75, 3.05) is 5.32 Å². The first-order valence-corrected chi connectivity index (χ1v) is 7.43. The summed E-state index contributed by atoms with van der Waals surface area (Å²) in [6.45, 7) is 0. The van der Waals surface area contributed by atoms with Crippen molar-refractivity contribution >= 4 is 34.8 Å². The van der Waals surface area contributed by atoms with Crippen LogP contribution < -0.4 is 5.32 Å². The Labute approximate surface area is 141 Å². The van der Waals surface area contributed by atoms with Crippen LogP contribution in [0.25, 0.3) is 0 Å². The Morgan fingerprint density at radius 3 is 2.39 bits per heavy atom. The first kappa shape index (κ1) is 17.6. The van der Waals surface area contributed by atoms with Gasteiger partial charge in [-0.25, -0.2) is 0 Å². The van der Waals surface area contributed by atoms with Crippen molar-refractivity contribution in [1.82, 2.24) is 0 Å². The predicted octanol–water partition coefficient (Wildman–Crippen LogP) is 5.58. The molecule has 0 aromatic heterocycles. The maximum Gasteiger partial charge on any atom is 0.418 e. The monoisotopic (exact) mass is 361 g/mol. The van der Waals surface area contributed by atoms with Gasteiger partial charge in [0.15, 0.2) is 0 Å². The zero-order chi connectivity index (χ0) is 17.0. The Balaban J connectivity index is 2.02. The van der Waals surface area contributed by atoms with Gasteiger partial charge in [-0.1, -0.05) is 41.4 Å². The van der Waals surface area contributed by atoms with Gasteiger partial charge in [0.2, 0.25) is 5.91 Å². The number of benzene rings is 2. The minimum Gasteiger partial charge on any atom is -0.325 e. The van der Waals surface area contributed by atoms with Gasteiger partial charge >= 0.3 is 6.18 Å². The van der Waals surface area contributed by atoms with Crippen LogP contribution in [0.2, 0.25) is 10.0 Å². The molecular weight excluding hydrogens is 350 g/mol. The van der Waals surface area contributed by atoms with E-state index in [0.29, 0.717) is 16.5 Å². The molecular formula is C16H12Cl2F3NO. The smallest absolute Gasteiger partial charge is 0.325 e. The van der Waals surface area contributed by atoms with Gasteiger partial charge < -0.3 is 5.32 Å². The minimum absolute atomic E-state index is 0.0319. The lowest BCUT2D eigenvalue weighted by atomic mass is 10.1. The Bertz CT molecular complexity index is 717. The zero-order valence-electron chi connectivity index (χ0n) is 11.8. The molecule has 0 aliphatic carbocycles. The number of aryl methyl sites for hydroxylation is 1. The van der Waals surface area contributed by atoms with Crippen molar-refractivity contribution in [1.29, 1.82) is 0 Å². The summed E-state index contributed by atoms with van der Waals surface area (Å²) in [5, 5.41) is 3.06. The summed E-state index contributed by atoms with van der Waals surface area (Å²) in [7, 11) is 0. The molecule has 122 valence electrons. The minimum atomic E-state index is -4.52. The number of alkyl halides is 3. The highest BCUT2D eigenvalue weighted by Gasteiger charge is 2.33. The molecule has 2 aromatic carbocycles. The lowest BCUT2D eigenvalue weighted by Crippen LogP contribution is -2.16. The van der Waals surface area contributed by atoms with Crippen molar-refractivity contribution < 1.29 is 18.0 Å². The van der Waals surface area contributed by atoms with Gasteiger partial charge in [0.25, 0.3) is 0 Å². The summed E-state index contributed by atoms with van der Waals surface area (Å²) in [5.74, 6) is -0.507. The third kappa shape index (κ3) is 4.88. The molecule has 0 aliphatic heterocycles. The van der Waals surface area contributed by atoms with Crippen LogP contribution in [0, 0.1) is 0 Å². The summed E-state index contributed by atoms with van der Waals surface area (Å²) in [6.07, 6.45) is -4.14. The van der Waals surface area contributed by atoms with Crippen LogP contribution in [0.4, 0.5) is 18.9 Å². The number of hydrogen-bond acceptors (Lipinski definition) is 1. The molecule has 23 heavy (non-hydrogen) atoms. The Morgan fingerprint density at radius 2 is 1.74 bits per heavy atom. The second-order valence-electron chi connectivity index (χ2n) is 4.84. The number of hydrogen-bond donors (Lipinski definition) is 1. The molecule has 2 rings (SSSR count). The number of carbonyl (C=O) groups excluding carboxylic acids is 1. The number of halogens is 5. The molecule has 0 bridgehead atoms. The van der Waals surface area contributed by atoms with Crippen LogP contribution in [0.1, 0.15) is 17.5 Å². The van der Waals surface area contributed by atoms with Gasteiger partial charge in [-0.15, -0.1) is 0 Å². The number of para-hydroxylation sites is 1. The van der Waals surface area contributed by atoms with Crippen LogP contribution in [-0.4, -0.2) is 5.91 Å². The van der Waals surface area contributed by atoms with E-state index in [1.807, 2.05) is 0 Å². The maximum absolute atomic E-state index is 12.9. The van der Waals surface area contributed by atoms with Gasteiger partial charge in [0.1, 0.15) is 0 Å². The zero-order valence-corrected chi connectivity index (χ0v) is 13.3. The van der Waals surface area contributed by atoms with Crippen molar-refractivity contribution in [2.24, 2.45) is 0 Å². The molecule has 0 saturated heterocycles. The summed E-state index contributed by atoms with van der Waals surface area (Å²) < 4.78 is 38.6. The second kappa shape index (κ2) is 7.23. The van der Waals surface area contributed by atoms with E-state index in [2.05, 4.69) is 5.32 Å². The second-order valence-corrected chi connectivity index (χ2v) is 5.65. The average molecular weight is 362 g/mol. The topological polar surface area (TPSA) is 29.1 Å². The van der Waals surface area contributed by atoms with Crippen molar-refractivity contribution in [3.8, 4) is 0 Å². The van der Waals surface area contributed by atoms with E-state index in [-0.39, 0.29) is 12.1 Å². The normalized spacial score (nSPS) is 11.3.